The molecule has 0 radical (unpaired) electrons. The van der Waals surface area contributed by atoms with Crippen molar-refractivity contribution in [2.24, 2.45) is 0 Å². The molecule has 0 aliphatic heterocycles. The van der Waals surface area contributed by atoms with Crippen LogP contribution in [0, 0.1) is 5.82 Å². The third-order valence-electron chi connectivity index (χ3n) is 12.1. The second-order valence-corrected chi connectivity index (χ2v) is 15.8. The van der Waals surface area contributed by atoms with Crippen LogP contribution in [0.1, 0.15) is 0 Å². The van der Waals surface area contributed by atoms with Crippen LogP contribution < -0.4 is 4.90 Å². The minimum Gasteiger partial charge on any atom is -0.310 e. The highest BCUT2D eigenvalue weighted by atomic mass is 19.1. The van der Waals surface area contributed by atoms with Crippen molar-refractivity contribution in [3.05, 3.63) is 248 Å². The lowest BCUT2D eigenvalue weighted by atomic mass is 9.91. The fraction of sp³-hybridized carbons (Fsp3) is 0. The van der Waals surface area contributed by atoms with E-state index in [1.807, 2.05) is 24.3 Å². The summed E-state index contributed by atoms with van der Waals surface area (Å²) in [7, 11) is 0. The Hall–Kier alpha value is -8.07. The maximum Gasteiger partial charge on any atom is 0.131 e. The fourth-order valence-corrected chi connectivity index (χ4v) is 9.25. The third-order valence-corrected chi connectivity index (χ3v) is 12.1. The first kappa shape index (κ1) is 37.0. The van der Waals surface area contributed by atoms with Crippen LogP contribution in [-0.2, 0) is 0 Å². The van der Waals surface area contributed by atoms with Gasteiger partial charge in [0.2, 0.25) is 0 Å². The Bertz CT molecular complexity index is 3420. The Morgan fingerprint density at radius 1 is 0.258 bits per heavy atom. The molecule has 0 amide bonds. The van der Waals surface area contributed by atoms with E-state index >= 15 is 4.39 Å². The highest BCUT2D eigenvalue weighted by Crippen LogP contribution is 2.44. The lowest BCUT2D eigenvalue weighted by Gasteiger charge is -2.27. The van der Waals surface area contributed by atoms with Crippen molar-refractivity contribution in [2.75, 3.05) is 4.90 Å². The molecular weight excluding hydrogens is 754 g/mol. The summed E-state index contributed by atoms with van der Waals surface area (Å²) >= 11 is 0. The van der Waals surface area contributed by atoms with Crippen LogP contribution in [-0.4, -0.2) is 0 Å². The Labute approximate surface area is 361 Å². The molecule has 0 bridgehead atoms. The van der Waals surface area contributed by atoms with E-state index in [9.17, 15) is 0 Å². The van der Waals surface area contributed by atoms with Crippen molar-refractivity contribution in [3.8, 4) is 55.6 Å². The molecule has 11 aromatic rings. The highest BCUT2D eigenvalue weighted by molar-refractivity contribution is 6.14. The number of hydrogen-bond donors (Lipinski definition) is 0. The van der Waals surface area contributed by atoms with Gasteiger partial charge in [0.15, 0.2) is 0 Å². The molecule has 11 aromatic carbocycles. The van der Waals surface area contributed by atoms with Gasteiger partial charge in [-0.15, -0.1) is 0 Å². The summed E-state index contributed by atoms with van der Waals surface area (Å²) in [6, 6.07) is 85.0. The number of benzene rings is 11. The number of rotatable bonds is 8. The lowest BCUT2D eigenvalue weighted by molar-refractivity contribution is 0.631. The first-order chi connectivity index (χ1) is 30.7. The smallest absolute Gasteiger partial charge is 0.131 e. The van der Waals surface area contributed by atoms with E-state index in [-0.39, 0.29) is 5.82 Å². The van der Waals surface area contributed by atoms with Gasteiger partial charge in [0, 0.05) is 22.6 Å². The predicted octanol–water partition coefficient (Wildman–Crippen LogP) is 17.1. The fourth-order valence-electron chi connectivity index (χ4n) is 9.25. The van der Waals surface area contributed by atoms with Gasteiger partial charge < -0.3 is 4.90 Å². The van der Waals surface area contributed by atoms with Gasteiger partial charge in [-0.2, -0.15) is 0 Å². The Morgan fingerprint density at radius 3 is 1.44 bits per heavy atom. The standard InChI is InChI=1S/C60H40FN/c61-59-33-11-10-30-56(59)57-32-15-20-43-19-14-31-53(60(43)57)44-21-12-23-48(38-44)62(47-36-34-42(35-37-47)51-26-7-6-25-50(51)41-16-2-1-3-17-41)49-24-13-22-45(39-49)58-40-46-18-4-5-27-52(46)54-28-8-9-29-55(54)58/h1-40H. The maximum absolute atomic E-state index is 15.4. The van der Waals surface area contributed by atoms with Crippen LogP contribution in [0.15, 0.2) is 243 Å². The second kappa shape index (κ2) is 15.8. The largest absolute Gasteiger partial charge is 0.310 e. The maximum atomic E-state index is 15.4. The Kier molecular flexibility index (Phi) is 9.44. The van der Waals surface area contributed by atoms with Gasteiger partial charge >= 0.3 is 0 Å². The first-order valence-electron chi connectivity index (χ1n) is 21.1. The van der Waals surface area contributed by atoms with E-state index in [0.29, 0.717) is 5.56 Å². The van der Waals surface area contributed by atoms with Crippen molar-refractivity contribution in [1.29, 1.82) is 0 Å². The molecule has 2 heteroatoms. The highest BCUT2D eigenvalue weighted by Gasteiger charge is 2.19. The van der Waals surface area contributed by atoms with Gasteiger partial charge in [0.25, 0.3) is 0 Å². The minimum absolute atomic E-state index is 0.233. The number of fused-ring (bicyclic) bond motifs is 4. The number of hydrogen-bond acceptors (Lipinski definition) is 1. The predicted molar refractivity (Wildman–Crippen MR) is 261 cm³/mol. The van der Waals surface area contributed by atoms with Crippen LogP contribution in [0.5, 0.6) is 0 Å². The van der Waals surface area contributed by atoms with Gasteiger partial charge in [-0.25, -0.2) is 4.39 Å². The van der Waals surface area contributed by atoms with Crippen molar-refractivity contribution in [1.82, 2.24) is 0 Å². The van der Waals surface area contributed by atoms with E-state index in [1.165, 1.54) is 49.9 Å². The van der Waals surface area contributed by atoms with Crippen molar-refractivity contribution < 1.29 is 4.39 Å². The number of halogens is 1. The molecule has 0 saturated carbocycles. The third kappa shape index (κ3) is 6.69. The van der Waals surface area contributed by atoms with Gasteiger partial charge in [-0.3, -0.25) is 0 Å². The minimum atomic E-state index is -0.233. The van der Waals surface area contributed by atoms with Gasteiger partial charge in [-0.1, -0.05) is 194 Å². The number of nitrogens with zero attached hydrogens (tertiary/aromatic N) is 1. The average Bonchev–Trinajstić information content (AvgIpc) is 3.34. The van der Waals surface area contributed by atoms with Crippen LogP contribution in [0.25, 0.3) is 88.0 Å². The summed E-state index contributed by atoms with van der Waals surface area (Å²) in [5.74, 6) is -0.233. The van der Waals surface area contributed by atoms with E-state index in [0.717, 1.165) is 55.7 Å². The van der Waals surface area contributed by atoms with Crippen molar-refractivity contribution in [3.63, 3.8) is 0 Å². The van der Waals surface area contributed by atoms with Crippen molar-refractivity contribution >= 4 is 49.4 Å². The number of anilines is 3. The van der Waals surface area contributed by atoms with E-state index in [1.54, 1.807) is 6.07 Å². The molecule has 0 unspecified atom stereocenters. The van der Waals surface area contributed by atoms with Gasteiger partial charge in [0.05, 0.1) is 0 Å². The zero-order valence-electron chi connectivity index (χ0n) is 33.9. The summed E-state index contributed by atoms with van der Waals surface area (Å²) < 4.78 is 15.4. The van der Waals surface area contributed by atoms with Crippen LogP contribution in [0.3, 0.4) is 0 Å². The molecular formula is C60H40FN. The summed E-state index contributed by atoms with van der Waals surface area (Å²) in [5.41, 5.74) is 13.7. The quantitative estimate of drug-likeness (QED) is 0.139. The molecule has 0 heterocycles. The van der Waals surface area contributed by atoms with E-state index in [2.05, 4.69) is 211 Å². The summed E-state index contributed by atoms with van der Waals surface area (Å²) in [6.07, 6.45) is 0. The molecule has 0 aliphatic carbocycles. The molecule has 292 valence electrons. The lowest BCUT2D eigenvalue weighted by Crippen LogP contribution is -2.10. The molecule has 0 spiro atoms. The molecule has 0 saturated heterocycles. The molecule has 0 N–H and O–H groups in total. The first-order valence-corrected chi connectivity index (χ1v) is 21.1. The van der Waals surface area contributed by atoms with Gasteiger partial charge in [-0.05, 0) is 131 Å². The molecule has 62 heavy (non-hydrogen) atoms. The zero-order valence-corrected chi connectivity index (χ0v) is 33.9. The summed E-state index contributed by atoms with van der Waals surface area (Å²) in [4.78, 5) is 2.35. The van der Waals surface area contributed by atoms with Crippen LogP contribution in [0.4, 0.5) is 21.5 Å². The molecule has 0 aromatic heterocycles. The topological polar surface area (TPSA) is 3.24 Å². The summed E-state index contributed by atoms with van der Waals surface area (Å²) in [6.45, 7) is 0. The SMILES string of the molecule is Fc1ccccc1-c1cccc2cccc(-c3cccc(N(c4ccc(-c5ccccc5-c5ccccc5)cc4)c4cccc(-c5cc6ccccc6c6ccccc56)c4)c3)c12. The monoisotopic (exact) mass is 793 g/mol. The molecule has 0 aliphatic rings. The van der Waals surface area contributed by atoms with Gasteiger partial charge in [0.1, 0.15) is 5.82 Å². The molecule has 0 fully saturated rings. The summed E-state index contributed by atoms with van der Waals surface area (Å²) in [5, 5.41) is 7.02. The van der Waals surface area contributed by atoms with Crippen LogP contribution >= 0.6 is 0 Å². The van der Waals surface area contributed by atoms with Crippen molar-refractivity contribution in [2.45, 2.75) is 0 Å². The Balaban J connectivity index is 1.08. The average molecular weight is 794 g/mol. The molecule has 0 atom stereocenters. The second-order valence-electron chi connectivity index (χ2n) is 15.8. The zero-order chi connectivity index (χ0) is 41.4. The van der Waals surface area contributed by atoms with Crippen LogP contribution in [0.2, 0.25) is 0 Å². The Morgan fingerprint density at radius 2 is 0.742 bits per heavy atom. The molecule has 11 rings (SSSR count). The normalized spacial score (nSPS) is 11.3. The molecule has 1 nitrogen and oxygen atoms in total. The van der Waals surface area contributed by atoms with E-state index < -0.39 is 0 Å². The van der Waals surface area contributed by atoms with E-state index in [4.69, 9.17) is 0 Å².